The molecule has 1 aromatic carbocycles. The number of pyridine rings is 1. The maximum Gasteiger partial charge on any atom is 0.221 e. The number of nitrogens with zero attached hydrogens (tertiary/aromatic N) is 4. The Hall–Kier alpha value is -3.41. The van der Waals surface area contributed by atoms with Crippen LogP contribution in [0.2, 0.25) is 0 Å². The largest absolute Gasteiger partial charge is 0.596 e. The van der Waals surface area contributed by atoms with Crippen molar-refractivity contribution >= 4 is 5.65 Å². The Balaban J connectivity index is 1.68. The number of fused-ring (bicyclic) bond motifs is 2. The van der Waals surface area contributed by atoms with Crippen molar-refractivity contribution in [3.63, 3.8) is 0 Å². The predicted octanol–water partition coefficient (Wildman–Crippen LogP) is 2.63. The van der Waals surface area contributed by atoms with Crippen molar-refractivity contribution in [1.29, 1.82) is 0 Å². The number of ether oxygens (including phenoxy) is 1. The van der Waals surface area contributed by atoms with E-state index in [0.717, 1.165) is 40.6 Å². The van der Waals surface area contributed by atoms with Crippen molar-refractivity contribution in [2.75, 3.05) is 6.61 Å². The van der Waals surface area contributed by atoms with Crippen molar-refractivity contribution in [3.8, 4) is 28.3 Å². The van der Waals surface area contributed by atoms with Gasteiger partial charge in [0.15, 0.2) is 0 Å². The molecule has 25 heavy (non-hydrogen) atoms. The SMILES string of the molecule is [O-][n+]1cc(-c2ccccn2)c2nc(-c3ccc4c(c3)CCO4)ccn21. The van der Waals surface area contributed by atoms with E-state index in [9.17, 15) is 5.21 Å². The lowest BCUT2D eigenvalue weighted by Crippen LogP contribution is -2.31. The third-order valence-corrected chi connectivity index (χ3v) is 4.44. The molecule has 0 N–H and O–H groups in total. The smallest absolute Gasteiger partial charge is 0.221 e. The molecule has 0 atom stereocenters. The first-order valence-corrected chi connectivity index (χ1v) is 8.09. The molecular formula is C19H14N4O2. The lowest BCUT2D eigenvalue weighted by atomic mass is 10.1. The highest BCUT2D eigenvalue weighted by Gasteiger charge is 2.18. The molecule has 6 nitrogen and oxygen atoms in total. The standard InChI is InChI=1S/C19H14N4O2/c24-23-12-15(17-3-1-2-8-20-17)19-21-16(6-9-22(19)23)13-4-5-18-14(11-13)7-10-25-18/h1-6,8-9,11-12H,7,10H2. The van der Waals surface area contributed by atoms with Gasteiger partial charge in [0.25, 0.3) is 0 Å². The minimum atomic E-state index is 0.586. The lowest BCUT2D eigenvalue weighted by molar-refractivity contribution is -0.676. The molecule has 4 aromatic rings. The molecule has 1 aliphatic heterocycles. The first kappa shape index (κ1) is 14.0. The van der Waals surface area contributed by atoms with Gasteiger partial charge in [-0.05, 0) is 42.0 Å². The second-order valence-electron chi connectivity index (χ2n) is 5.96. The molecule has 0 saturated carbocycles. The summed E-state index contributed by atoms with van der Waals surface area (Å²) in [6.07, 6.45) is 5.86. The highest BCUT2D eigenvalue weighted by molar-refractivity contribution is 5.75. The zero-order valence-electron chi connectivity index (χ0n) is 13.3. The van der Waals surface area contributed by atoms with Crippen LogP contribution in [0.1, 0.15) is 5.56 Å². The molecule has 1 aliphatic rings. The topological polar surface area (TPSA) is 66.4 Å². The Bertz CT molecular complexity index is 1090. The van der Waals surface area contributed by atoms with Crippen LogP contribution in [0.25, 0.3) is 28.2 Å². The zero-order chi connectivity index (χ0) is 16.8. The van der Waals surface area contributed by atoms with Gasteiger partial charge in [0.05, 0.1) is 24.2 Å². The van der Waals surface area contributed by atoms with Crippen molar-refractivity contribution in [2.45, 2.75) is 6.42 Å². The summed E-state index contributed by atoms with van der Waals surface area (Å²) in [5.74, 6) is 0.944. The van der Waals surface area contributed by atoms with E-state index in [1.165, 1.54) is 16.3 Å². The maximum atomic E-state index is 12.2. The van der Waals surface area contributed by atoms with E-state index < -0.39 is 0 Å². The Kier molecular flexibility index (Phi) is 2.97. The molecule has 0 saturated heterocycles. The number of hydrogen-bond donors (Lipinski definition) is 0. The van der Waals surface area contributed by atoms with E-state index in [1.807, 2.05) is 36.4 Å². The van der Waals surface area contributed by atoms with Crippen molar-refractivity contribution in [2.24, 2.45) is 0 Å². The van der Waals surface area contributed by atoms with Crippen LogP contribution >= 0.6 is 0 Å². The van der Waals surface area contributed by atoms with Crippen LogP contribution in [0.3, 0.4) is 0 Å². The number of benzene rings is 1. The maximum absolute atomic E-state index is 12.2. The third kappa shape index (κ3) is 2.22. The lowest BCUT2D eigenvalue weighted by Gasteiger charge is -2.04. The third-order valence-electron chi connectivity index (χ3n) is 4.44. The van der Waals surface area contributed by atoms with Crippen LogP contribution in [0.5, 0.6) is 5.75 Å². The molecule has 0 fully saturated rings. The molecule has 3 aromatic heterocycles. The minimum absolute atomic E-state index is 0.586. The van der Waals surface area contributed by atoms with E-state index in [2.05, 4.69) is 11.1 Å². The van der Waals surface area contributed by atoms with Gasteiger partial charge in [0.1, 0.15) is 11.3 Å². The average molecular weight is 330 g/mol. The summed E-state index contributed by atoms with van der Waals surface area (Å²) in [6, 6.07) is 13.5. The van der Waals surface area contributed by atoms with Crippen LogP contribution in [0.15, 0.2) is 61.1 Å². The van der Waals surface area contributed by atoms with Crippen molar-refractivity contribution < 1.29 is 9.58 Å². The van der Waals surface area contributed by atoms with Crippen molar-refractivity contribution in [3.05, 3.63) is 71.8 Å². The number of aromatic nitrogens is 4. The van der Waals surface area contributed by atoms with Crippen LogP contribution in [-0.4, -0.2) is 21.1 Å². The van der Waals surface area contributed by atoms with Gasteiger partial charge in [-0.2, -0.15) is 0 Å². The fourth-order valence-electron chi connectivity index (χ4n) is 3.20. The van der Waals surface area contributed by atoms with E-state index in [0.29, 0.717) is 11.2 Å². The second-order valence-corrected chi connectivity index (χ2v) is 5.96. The van der Waals surface area contributed by atoms with Crippen LogP contribution < -0.4 is 9.58 Å². The van der Waals surface area contributed by atoms with E-state index in [4.69, 9.17) is 9.72 Å². The molecule has 0 aliphatic carbocycles. The normalized spacial score (nSPS) is 13.0. The molecular weight excluding hydrogens is 316 g/mol. The summed E-state index contributed by atoms with van der Waals surface area (Å²) < 4.78 is 7.04. The van der Waals surface area contributed by atoms with Gasteiger partial charge in [-0.3, -0.25) is 4.98 Å². The van der Waals surface area contributed by atoms with Gasteiger partial charge >= 0.3 is 0 Å². The van der Waals surface area contributed by atoms with Crippen molar-refractivity contribution in [1.82, 2.24) is 14.5 Å². The minimum Gasteiger partial charge on any atom is -0.596 e. The molecule has 0 spiro atoms. The Labute approximate surface area is 143 Å². The van der Waals surface area contributed by atoms with Crippen LogP contribution in [0, 0.1) is 5.21 Å². The van der Waals surface area contributed by atoms with Gasteiger partial charge in [-0.25, -0.2) is 4.98 Å². The van der Waals surface area contributed by atoms with Gasteiger partial charge in [-0.1, -0.05) is 15.4 Å². The van der Waals surface area contributed by atoms with E-state index in [1.54, 1.807) is 12.4 Å². The zero-order valence-corrected chi connectivity index (χ0v) is 13.3. The van der Waals surface area contributed by atoms with Crippen LogP contribution in [0.4, 0.5) is 0 Å². The Morgan fingerprint density at radius 3 is 2.96 bits per heavy atom. The molecule has 0 bridgehead atoms. The fraction of sp³-hybridized carbons (Fsp3) is 0.105. The summed E-state index contributed by atoms with van der Waals surface area (Å²) in [5, 5.41) is 12.2. The number of hydrogen-bond acceptors (Lipinski definition) is 4. The van der Waals surface area contributed by atoms with Gasteiger partial charge in [-0.15, -0.1) is 0 Å². The van der Waals surface area contributed by atoms with Gasteiger partial charge in [0, 0.05) is 18.2 Å². The monoisotopic (exact) mass is 330 g/mol. The Morgan fingerprint density at radius 2 is 2.08 bits per heavy atom. The van der Waals surface area contributed by atoms with Gasteiger partial charge in [0.2, 0.25) is 11.8 Å². The van der Waals surface area contributed by atoms with E-state index >= 15 is 0 Å². The van der Waals surface area contributed by atoms with Crippen LogP contribution in [-0.2, 0) is 6.42 Å². The number of rotatable bonds is 2. The first-order valence-electron chi connectivity index (χ1n) is 8.09. The second kappa shape index (κ2) is 5.31. The average Bonchev–Trinajstić information content (AvgIpc) is 3.26. The highest BCUT2D eigenvalue weighted by Crippen LogP contribution is 2.30. The summed E-state index contributed by atoms with van der Waals surface area (Å²) in [6.45, 7) is 0.726. The van der Waals surface area contributed by atoms with E-state index in [-0.39, 0.29) is 0 Å². The summed E-state index contributed by atoms with van der Waals surface area (Å²) in [7, 11) is 0. The summed E-state index contributed by atoms with van der Waals surface area (Å²) in [5.41, 5.74) is 5.04. The fourth-order valence-corrected chi connectivity index (χ4v) is 3.20. The predicted molar refractivity (Wildman–Crippen MR) is 92.0 cm³/mol. The molecule has 122 valence electrons. The molecule has 5 rings (SSSR count). The van der Waals surface area contributed by atoms with Gasteiger partial charge < -0.3 is 9.94 Å². The quantitative estimate of drug-likeness (QED) is 0.419. The summed E-state index contributed by atoms with van der Waals surface area (Å²) >= 11 is 0. The first-order chi connectivity index (χ1) is 12.3. The summed E-state index contributed by atoms with van der Waals surface area (Å²) in [4.78, 5) is 9.84. The molecule has 4 heterocycles. The molecule has 0 unspecified atom stereocenters. The molecule has 6 heteroatoms. The molecule has 0 radical (unpaired) electrons. The Morgan fingerprint density at radius 1 is 1.12 bits per heavy atom. The molecule has 0 amide bonds. The highest BCUT2D eigenvalue weighted by atomic mass is 16.5.